The van der Waals surface area contributed by atoms with Gasteiger partial charge in [-0.3, -0.25) is 4.90 Å². The summed E-state index contributed by atoms with van der Waals surface area (Å²) in [5.41, 5.74) is 35.4. The molecule has 0 bridgehead atoms. The summed E-state index contributed by atoms with van der Waals surface area (Å²) >= 11 is 0. The van der Waals surface area contributed by atoms with Crippen molar-refractivity contribution < 1.29 is 0 Å². The van der Waals surface area contributed by atoms with Crippen LogP contribution in [0.15, 0.2) is 158 Å². The molecule has 0 radical (unpaired) electrons. The number of benzene rings is 8. The van der Waals surface area contributed by atoms with Crippen molar-refractivity contribution >= 4 is 17.1 Å². The maximum atomic E-state index is 5.24. The van der Waals surface area contributed by atoms with E-state index in [2.05, 4.69) is 345 Å². The van der Waals surface area contributed by atoms with Crippen LogP contribution in [-0.4, -0.2) is 49.2 Å². The van der Waals surface area contributed by atoms with Crippen LogP contribution in [0.1, 0.15) is 304 Å². The average Bonchev–Trinajstić information content (AvgIpc) is 0.765. The zero-order chi connectivity index (χ0) is 72.5. The molecule has 0 aliphatic heterocycles. The quantitative estimate of drug-likeness (QED) is 0.0419. The van der Waals surface area contributed by atoms with Crippen molar-refractivity contribution in [1.82, 2.24) is 9.88 Å². The molecule has 0 spiro atoms. The average molecular weight is 1340 g/mol. The van der Waals surface area contributed by atoms with Gasteiger partial charge in [0.2, 0.25) is 0 Å². The maximum absolute atomic E-state index is 5.24. The highest BCUT2D eigenvalue weighted by molar-refractivity contribution is 5.87. The molecule has 0 saturated carbocycles. The van der Waals surface area contributed by atoms with Gasteiger partial charge in [-0.15, -0.1) is 0 Å². The van der Waals surface area contributed by atoms with E-state index >= 15 is 0 Å². The van der Waals surface area contributed by atoms with Crippen molar-refractivity contribution in [3.05, 3.63) is 224 Å². The molecule has 5 nitrogen and oxygen atoms in total. The van der Waals surface area contributed by atoms with Crippen molar-refractivity contribution in [2.24, 2.45) is 0 Å². The van der Waals surface area contributed by atoms with E-state index in [0.29, 0.717) is 71.0 Å². The Kier molecular flexibility index (Phi) is 25.9. The molecule has 5 heteroatoms. The molecule has 1 aromatic heterocycles. The highest BCUT2D eigenvalue weighted by Gasteiger charge is 2.27. The molecule has 0 fully saturated rings. The Balaban J connectivity index is 1.16. The topological polar surface area (TPSA) is 52.2 Å². The van der Waals surface area contributed by atoms with Gasteiger partial charge in [-0.1, -0.05) is 275 Å². The van der Waals surface area contributed by atoms with Crippen molar-refractivity contribution in [2.75, 3.05) is 55.2 Å². The third-order valence-electron chi connectivity index (χ3n) is 20.8. The van der Waals surface area contributed by atoms with E-state index in [0.717, 1.165) is 78.8 Å². The minimum Gasteiger partial charge on any atom is -0.384 e. The second-order valence-electron chi connectivity index (χ2n) is 32.7. The summed E-state index contributed by atoms with van der Waals surface area (Å²) in [6.07, 6.45) is 0. The lowest BCUT2D eigenvalue weighted by Gasteiger charge is -2.27. The number of pyridine rings is 1. The summed E-state index contributed by atoms with van der Waals surface area (Å²) in [5.74, 6) is 4.49. The third kappa shape index (κ3) is 18.3. The summed E-state index contributed by atoms with van der Waals surface area (Å²) in [7, 11) is 0. The summed E-state index contributed by atoms with van der Waals surface area (Å²) in [5, 5.41) is 12.3. The third-order valence-corrected chi connectivity index (χ3v) is 20.8. The number of anilines is 3. The largest absolute Gasteiger partial charge is 0.384 e. The molecule has 0 amide bonds. The van der Waals surface area contributed by atoms with Crippen LogP contribution in [0.25, 0.3) is 67.0 Å². The van der Waals surface area contributed by atoms with Crippen molar-refractivity contribution in [1.29, 1.82) is 0 Å². The Morgan fingerprint density at radius 1 is 0.240 bits per heavy atom. The summed E-state index contributed by atoms with van der Waals surface area (Å²) in [4.78, 5) is 7.90. The lowest BCUT2D eigenvalue weighted by molar-refractivity contribution is 0.306. The molecule has 8 aromatic carbocycles. The predicted molar refractivity (Wildman–Crippen MR) is 441 cm³/mol. The first-order valence-electron chi connectivity index (χ1n) is 38.6. The minimum atomic E-state index is 0.346. The Morgan fingerprint density at radius 2 is 0.450 bits per heavy atom. The summed E-state index contributed by atoms with van der Waals surface area (Å²) in [6.45, 7) is 61.6. The van der Waals surface area contributed by atoms with E-state index in [1.807, 2.05) is 0 Å². The van der Waals surface area contributed by atoms with Crippen LogP contribution >= 0.6 is 0 Å². The molecule has 3 N–H and O–H groups in total. The van der Waals surface area contributed by atoms with Gasteiger partial charge in [-0.05, 0) is 231 Å². The van der Waals surface area contributed by atoms with Crippen LogP contribution in [0, 0.1) is 0 Å². The molecular formula is C95H125N5. The molecule has 1 heterocycles. The lowest BCUT2D eigenvalue weighted by atomic mass is 9.79. The van der Waals surface area contributed by atoms with Gasteiger partial charge in [0.25, 0.3) is 0 Å². The first-order valence-corrected chi connectivity index (χ1v) is 38.6. The van der Waals surface area contributed by atoms with Crippen molar-refractivity contribution in [3.63, 3.8) is 0 Å². The molecular weight excluding hydrogens is 1210 g/mol. The number of nitrogens with zero attached hydrogens (tertiary/aromatic N) is 2. The van der Waals surface area contributed by atoms with Gasteiger partial charge < -0.3 is 16.0 Å². The van der Waals surface area contributed by atoms with Crippen LogP contribution in [0.5, 0.6) is 0 Å². The molecule has 530 valence electrons. The Bertz CT molecular complexity index is 3620. The van der Waals surface area contributed by atoms with E-state index in [-0.39, 0.29) is 0 Å². The molecule has 0 aliphatic carbocycles. The van der Waals surface area contributed by atoms with Gasteiger partial charge in [0.1, 0.15) is 0 Å². The van der Waals surface area contributed by atoms with E-state index in [4.69, 9.17) is 4.98 Å². The summed E-state index contributed by atoms with van der Waals surface area (Å²) < 4.78 is 0. The zero-order valence-electron chi connectivity index (χ0n) is 66.1. The Labute approximate surface area is 607 Å². The molecule has 0 atom stereocenters. The molecule has 0 saturated heterocycles. The van der Waals surface area contributed by atoms with E-state index < -0.39 is 0 Å². The van der Waals surface area contributed by atoms with Gasteiger partial charge in [0.15, 0.2) is 0 Å². The molecule has 9 aromatic rings. The van der Waals surface area contributed by atoms with Gasteiger partial charge in [-0.2, -0.15) is 0 Å². The molecule has 100 heavy (non-hydrogen) atoms. The SMILES string of the molecule is CC(C)c1cc(C(C)C)c(-c2cc(NCCN(CCNc3cc(-c4c(C(C)C)cc(C(C)C)cc4C(C)C)cc(-c4c(C(C)C)cc(C(C)C)cc4C(C)C)c3)CCNc3cc(-c4ccccc4)nc(-c4ccccc4)c3)cc(-c3c(C(C)C)cc(C(C)C)cc3C(C)C)c2)c(C(C)C)c1. The van der Waals surface area contributed by atoms with Crippen LogP contribution in [0.3, 0.4) is 0 Å². The van der Waals surface area contributed by atoms with Gasteiger partial charge >= 0.3 is 0 Å². The fraction of sp³-hybridized carbons (Fsp3) is 0.442. The van der Waals surface area contributed by atoms with Crippen LogP contribution < -0.4 is 16.0 Å². The van der Waals surface area contributed by atoms with Crippen molar-refractivity contribution in [3.8, 4) is 67.0 Å². The van der Waals surface area contributed by atoms with Gasteiger partial charge in [0.05, 0.1) is 11.4 Å². The number of aromatic nitrogens is 1. The predicted octanol–water partition coefficient (Wildman–Crippen LogP) is 27.5. The van der Waals surface area contributed by atoms with Gasteiger partial charge in [0, 0.05) is 67.5 Å². The monoisotopic (exact) mass is 1340 g/mol. The molecule has 9 rings (SSSR count). The van der Waals surface area contributed by atoms with E-state index in [9.17, 15) is 0 Å². The van der Waals surface area contributed by atoms with Crippen LogP contribution in [-0.2, 0) is 0 Å². The first-order chi connectivity index (χ1) is 47.5. The standard InChI is InChI=1S/C95H125N5/c1-57(2)71-47-82(61(9)10)92(83(48-71)62(11)12)75-41-76(93-84(63(13)14)49-72(58(3)4)50-85(93)64(15)16)44-79(43-75)96-35-38-100(40-37-98-81-55-90(69-31-27-25-28-32-69)99-91(56-81)70-33-29-26-30-34-70)39-36-97-80-45-77(94-86(65(17)18)51-73(59(5)6)52-87(94)66(19)20)42-78(46-80)95-88(67(21)22)53-74(60(7)8)54-89(95)68(23)24/h25-34,41-68,96-97H,35-40H2,1-24H3,(H,98,99). The fourth-order valence-corrected chi connectivity index (χ4v) is 14.7. The zero-order valence-corrected chi connectivity index (χ0v) is 66.1. The normalized spacial score (nSPS) is 12.2. The minimum absolute atomic E-state index is 0.346. The first kappa shape index (κ1) is 76.4. The lowest BCUT2D eigenvalue weighted by Crippen LogP contribution is -2.36. The van der Waals surface area contributed by atoms with E-state index in [1.165, 1.54) is 111 Å². The molecule has 0 unspecified atom stereocenters. The van der Waals surface area contributed by atoms with Gasteiger partial charge in [-0.25, -0.2) is 4.98 Å². The number of hydrogen-bond acceptors (Lipinski definition) is 5. The number of rotatable bonds is 30. The fourth-order valence-electron chi connectivity index (χ4n) is 14.7. The highest BCUT2D eigenvalue weighted by atomic mass is 15.2. The highest BCUT2D eigenvalue weighted by Crippen LogP contribution is 2.48. The van der Waals surface area contributed by atoms with E-state index in [1.54, 1.807) is 0 Å². The second kappa shape index (κ2) is 33.8. The van der Waals surface area contributed by atoms with Crippen LogP contribution in [0.2, 0.25) is 0 Å². The van der Waals surface area contributed by atoms with Crippen LogP contribution in [0.4, 0.5) is 17.1 Å². The van der Waals surface area contributed by atoms with Crippen molar-refractivity contribution in [2.45, 2.75) is 237 Å². The number of nitrogens with one attached hydrogen (secondary N) is 3. The second-order valence-corrected chi connectivity index (χ2v) is 32.7. The Hall–Kier alpha value is -7.73. The maximum Gasteiger partial charge on any atom is 0.0730 e. The molecule has 0 aliphatic rings. The Morgan fingerprint density at radius 3 is 0.650 bits per heavy atom. The summed E-state index contributed by atoms with van der Waals surface area (Å²) in [6, 6.07) is 60.8. The number of hydrogen-bond donors (Lipinski definition) is 3. The smallest absolute Gasteiger partial charge is 0.0730 e.